The highest BCUT2D eigenvalue weighted by molar-refractivity contribution is 6.28. The van der Waals surface area contributed by atoms with Crippen LogP contribution in [0.5, 0.6) is 6.01 Å². The predicted molar refractivity (Wildman–Crippen MR) is 57.9 cm³/mol. The van der Waals surface area contributed by atoms with Gasteiger partial charge in [0.2, 0.25) is 11.2 Å². The molecule has 1 aromatic rings. The number of nitrogens with one attached hydrogen (secondary N) is 1. The van der Waals surface area contributed by atoms with Gasteiger partial charge in [0.15, 0.2) is 5.60 Å². The zero-order chi connectivity index (χ0) is 11.5. The van der Waals surface area contributed by atoms with Crippen molar-refractivity contribution in [3.05, 3.63) is 5.28 Å². The van der Waals surface area contributed by atoms with E-state index in [1.165, 1.54) is 0 Å². The summed E-state index contributed by atoms with van der Waals surface area (Å²) >= 11 is 5.67. The SMILES string of the molecule is C#CC(C)(C)Oc1nc(Cl)nc(NC)n1. The Labute approximate surface area is 93.2 Å². The summed E-state index contributed by atoms with van der Waals surface area (Å²) in [6, 6.07) is 0.0994. The van der Waals surface area contributed by atoms with E-state index in [2.05, 4.69) is 26.2 Å². The van der Waals surface area contributed by atoms with Crippen molar-refractivity contribution in [3.8, 4) is 18.4 Å². The molecule has 0 unspecified atom stereocenters. The van der Waals surface area contributed by atoms with Crippen LogP contribution in [0.3, 0.4) is 0 Å². The van der Waals surface area contributed by atoms with Crippen LogP contribution in [0.1, 0.15) is 13.8 Å². The molecule has 0 radical (unpaired) electrons. The van der Waals surface area contributed by atoms with Crippen molar-refractivity contribution < 1.29 is 4.74 Å². The lowest BCUT2D eigenvalue weighted by molar-refractivity contribution is 0.156. The summed E-state index contributed by atoms with van der Waals surface area (Å²) in [4.78, 5) is 11.6. The fourth-order valence-electron chi connectivity index (χ4n) is 0.747. The van der Waals surface area contributed by atoms with E-state index in [1.54, 1.807) is 20.9 Å². The maximum atomic E-state index is 5.67. The third kappa shape index (κ3) is 3.26. The van der Waals surface area contributed by atoms with Crippen molar-refractivity contribution in [1.29, 1.82) is 0 Å². The average Bonchev–Trinajstić information content (AvgIpc) is 2.16. The smallest absolute Gasteiger partial charge is 0.324 e. The lowest BCUT2D eigenvalue weighted by Gasteiger charge is -2.18. The topological polar surface area (TPSA) is 59.9 Å². The Morgan fingerprint density at radius 2 is 2.07 bits per heavy atom. The molecule has 1 N–H and O–H groups in total. The first-order valence-electron chi connectivity index (χ1n) is 4.23. The molecule has 80 valence electrons. The van der Waals surface area contributed by atoms with Gasteiger partial charge in [0.1, 0.15) is 0 Å². The summed E-state index contributed by atoms with van der Waals surface area (Å²) in [5.74, 6) is 2.79. The second-order valence-electron chi connectivity index (χ2n) is 3.22. The number of hydrogen-bond donors (Lipinski definition) is 1. The van der Waals surface area contributed by atoms with Crippen LogP contribution in [0.2, 0.25) is 5.28 Å². The number of anilines is 1. The Kier molecular flexibility index (Phi) is 3.32. The molecule has 0 atom stereocenters. The molecule has 1 heterocycles. The molecule has 0 aliphatic heterocycles. The minimum absolute atomic E-state index is 0.0529. The highest BCUT2D eigenvalue weighted by Crippen LogP contribution is 2.16. The van der Waals surface area contributed by atoms with Gasteiger partial charge in [-0.2, -0.15) is 15.0 Å². The van der Waals surface area contributed by atoms with Gasteiger partial charge in [-0.25, -0.2) is 0 Å². The van der Waals surface area contributed by atoms with Gasteiger partial charge < -0.3 is 10.1 Å². The third-order valence-electron chi connectivity index (χ3n) is 1.51. The quantitative estimate of drug-likeness (QED) is 0.789. The van der Waals surface area contributed by atoms with E-state index in [1.807, 2.05) is 0 Å². The molecule has 15 heavy (non-hydrogen) atoms. The standard InChI is InChI=1S/C9H11ClN4O/c1-5-9(2,3)15-8-13-6(10)12-7(11-4)14-8/h1H,2-4H3,(H,11,12,13,14). The molecule has 0 saturated heterocycles. The van der Waals surface area contributed by atoms with E-state index in [-0.39, 0.29) is 11.3 Å². The maximum absolute atomic E-state index is 5.67. The van der Waals surface area contributed by atoms with Gasteiger partial charge >= 0.3 is 6.01 Å². The summed E-state index contributed by atoms with van der Waals surface area (Å²) in [7, 11) is 1.67. The maximum Gasteiger partial charge on any atom is 0.324 e. The largest absolute Gasteiger partial charge is 0.444 e. The Morgan fingerprint density at radius 3 is 2.60 bits per heavy atom. The van der Waals surface area contributed by atoms with Crippen LogP contribution in [0.4, 0.5) is 5.95 Å². The van der Waals surface area contributed by atoms with Gasteiger partial charge in [-0.1, -0.05) is 5.92 Å². The zero-order valence-corrected chi connectivity index (χ0v) is 9.46. The first kappa shape index (κ1) is 11.5. The highest BCUT2D eigenvalue weighted by atomic mass is 35.5. The molecule has 0 saturated carbocycles. The van der Waals surface area contributed by atoms with Gasteiger partial charge in [0.05, 0.1) is 0 Å². The second-order valence-corrected chi connectivity index (χ2v) is 3.56. The van der Waals surface area contributed by atoms with Crippen LogP contribution >= 0.6 is 11.6 Å². The summed E-state index contributed by atoms with van der Waals surface area (Å²) in [6.45, 7) is 3.45. The molecule has 0 fully saturated rings. The Morgan fingerprint density at radius 1 is 1.40 bits per heavy atom. The number of aromatic nitrogens is 3. The van der Waals surface area contributed by atoms with Crippen LogP contribution < -0.4 is 10.1 Å². The molecule has 0 spiro atoms. The van der Waals surface area contributed by atoms with E-state index < -0.39 is 5.60 Å². The van der Waals surface area contributed by atoms with Crippen molar-refractivity contribution in [2.45, 2.75) is 19.4 Å². The van der Waals surface area contributed by atoms with Crippen LogP contribution in [0.25, 0.3) is 0 Å². The van der Waals surface area contributed by atoms with E-state index in [9.17, 15) is 0 Å². The molecule has 0 bridgehead atoms. The third-order valence-corrected chi connectivity index (χ3v) is 1.67. The molecular weight excluding hydrogens is 216 g/mol. The molecular formula is C9H11ClN4O. The Balaban J connectivity index is 2.96. The fourth-order valence-corrected chi connectivity index (χ4v) is 0.899. The normalized spacial score (nSPS) is 10.6. The van der Waals surface area contributed by atoms with Crippen LogP contribution in [0, 0.1) is 12.3 Å². The molecule has 1 rings (SSSR count). The van der Waals surface area contributed by atoms with Crippen molar-refractivity contribution in [2.24, 2.45) is 0 Å². The summed E-state index contributed by atoms with van der Waals surface area (Å²) < 4.78 is 5.35. The van der Waals surface area contributed by atoms with Crippen LogP contribution in [0.15, 0.2) is 0 Å². The first-order chi connectivity index (χ1) is 6.96. The average molecular weight is 227 g/mol. The zero-order valence-electron chi connectivity index (χ0n) is 8.71. The summed E-state index contributed by atoms with van der Waals surface area (Å²) in [5.41, 5.74) is -0.782. The predicted octanol–water partition coefficient (Wildman–Crippen LogP) is 1.36. The van der Waals surface area contributed by atoms with Gasteiger partial charge in [0.25, 0.3) is 0 Å². The van der Waals surface area contributed by atoms with Crippen molar-refractivity contribution in [1.82, 2.24) is 15.0 Å². The van der Waals surface area contributed by atoms with Crippen molar-refractivity contribution in [3.63, 3.8) is 0 Å². The Hall–Kier alpha value is -1.54. The van der Waals surface area contributed by atoms with Crippen molar-refractivity contribution in [2.75, 3.05) is 12.4 Å². The van der Waals surface area contributed by atoms with Crippen LogP contribution in [-0.4, -0.2) is 27.6 Å². The lowest BCUT2D eigenvalue weighted by atomic mass is 10.2. The number of rotatable bonds is 3. The van der Waals surface area contributed by atoms with E-state index in [4.69, 9.17) is 22.8 Å². The number of halogens is 1. The number of nitrogens with zero attached hydrogens (tertiary/aromatic N) is 3. The molecule has 0 aliphatic carbocycles. The monoisotopic (exact) mass is 226 g/mol. The molecule has 0 aromatic carbocycles. The number of terminal acetylenes is 1. The van der Waals surface area contributed by atoms with Crippen molar-refractivity contribution >= 4 is 17.5 Å². The molecule has 1 aromatic heterocycles. The van der Waals surface area contributed by atoms with E-state index in [0.717, 1.165) is 0 Å². The van der Waals surface area contributed by atoms with E-state index >= 15 is 0 Å². The minimum atomic E-state index is -0.782. The molecule has 5 nitrogen and oxygen atoms in total. The Bertz CT molecular complexity index is 400. The van der Waals surface area contributed by atoms with E-state index in [0.29, 0.717) is 5.95 Å². The van der Waals surface area contributed by atoms with Crippen LogP contribution in [-0.2, 0) is 0 Å². The molecule has 0 amide bonds. The highest BCUT2D eigenvalue weighted by Gasteiger charge is 2.18. The van der Waals surface area contributed by atoms with Gasteiger partial charge in [0, 0.05) is 7.05 Å². The number of hydrogen-bond acceptors (Lipinski definition) is 5. The lowest BCUT2D eigenvalue weighted by Crippen LogP contribution is -2.26. The minimum Gasteiger partial charge on any atom is -0.444 e. The second kappa shape index (κ2) is 4.32. The molecule has 0 aliphatic rings. The van der Waals surface area contributed by atoms with Gasteiger partial charge in [-0.3, -0.25) is 0 Å². The number of ether oxygens (including phenoxy) is 1. The summed E-state index contributed by atoms with van der Waals surface area (Å²) in [5, 5.41) is 2.79. The van der Waals surface area contributed by atoms with Gasteiger partial charge in [-0.15, -0.1) is 6.42 Å². The molecule has 6 heteroatoms. The first-order valence-corrected chi connectivity index (χ1v) is 4.61. The van der Waals surface area contributed by atoms with Gasteiger partial charge in [-0.05, 0) is 25.4 Å². The fraction of sp³-hybridized carbons (Fsp3) is 0.444. The summed E-state index contributed by atoms with van der Waals surface area (Å²) in [6.07, 6.45) is 5.27.